The van der Waals surface area contributed by atoms with Gasteiger partial charge in [0.25, 0.3) is 0 Å². The van der Waals surface area contributed by atoms with Gasteiger partial charge in [-0.3, -0.25) is 4.79 Å². The highest BCUT2D eigenvalue weighted by molar-refractivity contribution is 6.14. The van der Waals surface area contributed by atoms with Crippen LogP contribution in [-0.4, -0.2) is 16.0 Å². The lowest BCUT2D eigenvalue weighted by Crippen LogP contribution is -2.11. The van der Waals surface area contributed by atoms with E-state index in [2.05, 4.69) is 10.2 Å². The summed E-state index contributed by atoms with van der Waals surface area (Å²) < 4.78 is 0. The summed E-state index contributed by atoms with van der Waals surface area (Å²) in [4.78, 5) is 12.7. The van der Waals surface area contributed by atoms with Crippen molar-refractivity contribution in [3.8, 4) is 0 Å². The fraction of sp³-hybridized carbons (Fsp3) is 0.118. The highest BCUT2D eigenvalue weighted by Crippen LogP contribution is 2.24. The summed E-state index contributed by atoms with van der Waals surface area (Å²) in [7, 11) is 0. The first kappa shape index (κ1) is 13.2. The molecule has 2 N–H and O–H groups in total. The molecule has 4 nitrogen and oxygen atoms in total. The van der Waals surface area contributed by atoms with Gasteiger partial charge >= 0.3 is 0 Å². The number of nitrogen functional groups attached to an aromatic ring is 1. The van der Waals surface area contributed by atoms with Gasteiger partial charge < -0.3 is 5.73 Å². The molecule has 0 atom stereocenters. The predicted molar refractivity (Wildman–Crippen MR) is 83.3 cm³/mol. The maximum atomic E-state index is 12.7. The summed E-state index contributed by atoms with van der Waals surface area (Å²) in [6.45, 7) is 3.85. The van der Waals surface area contributed by atoms with Crippen LogP contribution in [0.3, 0.4) is 0 Å². The van der Waals surface area contributed by atoms with Crippen molar-refractivity contribution in [1.29, 1.82) is 0 Å². The number of aromatic nitrogens is 2. The number of nitrogens with two attached hydrogens (primary N) is 1. The van der Waals surface area contributed by atoms with E-state index in [-0.39, 0.29) is 11.5 Å². The number of aryl methyl sites for hydroxylation is 2. The summed E-state index contributed by atoms with van der Waals surface area (Å²) in [5.41, 5.74) is 9.95. The van der Waals surface area contributed by atoms with Crippen molar-refractivity contribution >= 4 is 22.4 Å². The molecule has 21 heavy (non-hydrogen) atoms. The van der Waals surface area contributed by atoms with Crippen LogP contribution in [0.25, 0.3) is 10.9 Å². The number of fused-ring (bicyclic) bond motifs is 1. The monoisotopic (exact) mass is 277 g/mol. The number of nitrogens with zero attached hydrogens (tertiary/aromatic N) is 2. The van der Waals surface area contributed by atoms with Gasteiger partial charge in [-0.15, -0.1) is 10.2 Å². The second-order valence-electron chi connectivity index (χ2n) is 5.13. The molecule has 0 saturated carbocycles. The zero-order valence-corrected chi connectivity index (χ0v) is 11.9. The summed E-state index contributed by atoms with van der Waals surface area (Å²) in [5.74, 6) is -0.188. The molecule has 2 aromatic carbocycles. The summed E-state index contributed by atoms with van der Waals surface area (Å²) in [5, 5.41) is 8.87. The molecule has 0 aliphatic heterocycles. The van der Waals surface area contributed by atoms with Crippen LogP contribution in [0, 0.1) is 13.8 Å². The third-order valence-corrected chi connectivity index (χ3v) is 3.56. The van der Waals surface area contributed by atoms with E-state index in [1.54, 1.807) is 0 Å². The maximum Gasteiger partial charge on any atom is 0.215 e. The molecule has 1 heterocycles. The number of ketones is 1. The topological polar surface area (TPSA) is 68.9 Å². The highest BCUT2D eigenvalue weighted by atomic mass is 16.1. The normalized spacial score (nSPS) is 10.8. The van der Waals surface area contributed by atoms with Crippen LogP contribution in [0.2, 0.25) is 0 Å². The molecule has 0 bridgehead atoms. The number of hydrogen-bond donors (Lipinski definition) is 1. The Morgan fingerprint density at radius 3 is 2.62 bits per heavy atom. The third kappa shape index (κ3) is 2.25. The van der Waals surface area contributed by atoms with Crippen LogP contribution in [0.1, 0.15) is 27.2 Å². The largest absolute Gasteiger partial charge is 0.396 e. The van der Waals surface area contributed by atoms with Crippen molar-refractivity contribution in [2.45, 2.75) is 13.8 Å². The van der Waals surface area contributed by atoms with Gasteiger partial charge in [0.1, 0.15) is 0 Å². The van der Waals surface area contributed by atoms with Crippen LogP contribution in [0.4, 0.5) is 5.69 Å². The molecule has 0 aliphatic rings. The second kappa shape index (κ2) is 4.98. The van der Waals surface area contributed by atoms with E-state index in [0.717, 1.165) is 16.5 Å². The van der Waals surface area contributed by atoms with Crippen LogP contribution in [0.5, 0.6) is 0 Å². The Balaban J connectivity index is 2.18. The quantitative estimate of drug-likeness (QED) is 0.731. The average molecular weight is 277 g/mol. The molecule has 0 aliphatic carbocycles. The smallest absolute Gasteiger partial charge is 0.215 e. The van der Waals surface area contributed by atoms with E-state index in [4.69, 9.17) is 5.73 Å². The predicted octanol–water partition coefficient (Wildman–Crippen LogP) is 3.06. The fourth-order valence-corrected chi connectivity index (χ4v) is 2.35. The van der Waals surface area contributed by atoms with Crippen molar-refractivity contribution in [1.82, 2.24) is 10.2 Å². The van der Waals surface area contributed by atoms with Gasteiger partial charge in [0.05, 0.1) is 11.2 Å². The van der Waals surface area contributed by atoms with Gasteiger partial charge in [-0.1, -0.05) is 35.9 Å². The van der Waals surface area contributed by atoms with Gasteiger partial charge in [-0.25, -0.2) is 0 Å². The highest BCUT2D eigenvalue weighted by Gasteiger charge is 2.18. The Morgan fingerprint density at radius 1 is 1.05 bits per heavy atom. The first-order valence-electron chi connectivity index (χ1n) is 6.71. The van der Waals surface area contributed by atoms with Gasteiger partial charge in [-0.05, 0) is 31.5 Å². The molecule has 0 saturated heterocycles. The van der Waals surface area contributed by atoms with E-state index in [1.807, 2.05) is 56.3 Å². The molecule has 1 aromatic heterocycles. The van der Waals surface area contributed by atoms with Crippen molar-refractivity contribution in [3.05, 3.63) is 64.8 Å². The molecule has 4 heteroatoms. The first-order valence-corrected chi connectivity index (χ1v) is 6.71. The van der Waals surface area contributed by atoms with E-state index < -0.39 is 0 Å². The summed E-state index contributed by atoms with van der Waals surface area (Å²) in [6, 6.07) is 13.2. The molecule has 3 rings (SSSR count). The lowest BCUT2D eigenvalue weighted by molar-refractivity contribution is 0.103. The molecular weight excluding hydrogens is 262 g/mol. The molecule has 0 spiro atoms. The molecule has 0 unspecified atom stereocenters. The van der Waals surface area contributed by atoms with Gasteiger partial charge in [0.2, 0.25) is 5.78 Å². The molecule has 3 aromatic rings. The van der Waals surface area contributed by atoms with Crippen molar-refractivity contribution < 1.29 is 4.79 Å². The first-order chi connectivity index (χ1) is 10.1. The van der Waals surface area contributed by atoms with Crippen LogP contribution in [0.15, 0.2) is 42.5 Å². The van der Waals surface area contributed by atoms with Crippen LogP contribution in [-0.2, 0) is 0 Å². The number of carbonyl (C=O) groups is 1. The minimum atomic E-state index is -0.188. The lowest BCUT2D eigenvalue weighted by Gasteiger charge is -2.09. The standard InChI is InChI=1S/C17H15N3O/c1-10-7-8-11(2)13(9-10)17(21)16-15(18)12-5-3-4-6-14(12)19-20-16/h3-9H,1-2H3,(H2,18,19). The van der Waals surface area contributed by atoms with E-state index in [9.17, 15) is 4.79 Å². The Kier molecular flexibility index (Phi) is 3.14. The fourth-order valence-electron chi connectivity index (χ4n) is 2.35. The average Bonchev–Trinajstić information content (AvgIpc) is 2.50. The number of hydrogen-bond acceptors (Lipinski definition) is 4. The lowest BCUT2D eigenvalue weighted by atomic mass is 9.99. The van der Waals surface area contributed by atoms with E-state index >= 15 is 0 Å². The molecule has 0 amide bonds. The summed E-state index contributed by atoms with van der Waals surface area (Å²) >= 11 is 0. The van der Waals surface area contributed by atoms with Crippen molar-refractivity contribution in [3.63, 3.8) is 0 Å². The zero-order chi connectivity index (χ0) is 15.0. The molecule has 104 valence electrons. The van der Waals surface area contributed by atoms with E-state index in [0.29, 0.717) is 16.8 Å². The number of anilines is 1. The second-order valence-corrected chi connectivity index (χ2v) is 5.13. The van der Waals surface area contributed by atoms with Gasteiger partial charge in [0.15, 0.2) is 5.69 Å². The van der Waals surface area contributed by atoms with Crippen LogP contribution < -0.4 is 5.73 Å². The Labute approximate surface area is 122 Å². The number of carbonyl (C=O) groups excluding carboxylic acids is 1. The van der Waals surface area contributed by atoms with Gasteiger partial charge in [0, 0.05) is 10.9 Å². The van der Waals surface area contributed by atoms with Crippen LogP contribution >= 0.6 is 0 Å². The maximum absolute atomic E-state index is 12.7. The Hall–Kier alpha value is -2.75. The van der Waals surface area contributed by atoms with E-state index in [1.165, 1.54) is 0 Å². The zero-order valence-electron chi connectivity index (χ0n) is 11.9. The van der Waals surface area contributed by atoms with Crippen molar-refractivity contribution in [2.75, 3.05) is 5.73 Å². The Morgan fingerprint density at radius 2 is 1.81 bits per heavy atom. The van der Waals surface area contributed by atoms with Gasteiger partial charge in [-0.2, -0.15) is 0 Å². The Bertz CT molecular complexity index is 856. The SMILES string of the molecule is Cc1ccc(C)c(C(=O)c2nnc3ccccc3c2N)c1. The minimum absolute atomic E-state index is 0.188. The van der Waals surface area contributed by atoms with Crippen molar-refractivity contribution in [2.24, 2.45) is 0 Å². The molecule has 0 fully saturated rings. The molecule has 0 radical (unpaired) electrons. The number of rotatable bonds is 2. The minimum Gasteiger partial charge on any atom is -0.396 e. The molecular formula is C17H15N3O. The number of benzene rings is 2. The summed E-state index contributed by atoms with van der Waals surface area (Å²) in [6.07, 6.45) is 0. The third-order valence-electron chi connectivity index (χ3n) is 3.56.